The third-order valence-electron chi connectivity index (χ3n) is 7.27. The van der Waals surface area contributed by atoms with Crippen molar-refractivity contribution in [2.45, 2.75) is 49.9 Å². The fourth-order valence-electron chi connectivity index (χ4n) is 5.29. The van der Waals surface area contributed by atoms with Crippen LogP contribution >= 0.6 is 0 Å². The van der Waals surface area contributed by atoms with Crippen molar-refractivity contribution in [1.82, 2.24) is 0 Å². The average Bonchev–Trinajstić information content (AvgIpc) is 2.94. The van der Waals surface area contributed by atoms with Crippen LogP contribution in [0.5, 0.6) is 0 Å². The van der Waals surface area contributed by atoms with Crippen LogP contribution in [0.1, 0.15) is 39.2 Å². The van der Waals surface area contributed by atoms with Gasteiger partial charge in [0.15, 0.2) is 0 Å². The summed E-state index contributed by atoms with van der Waals surface area (Å²) in [6.45, 7) is 7.16. The first-order chi connectivity index (χ1) is 11.9. The molecule has 2 saturated carbocycles. The van der Waals surface area contributed by atoms with Gasteiger partial charge in [-0.1, -0.05) is 0 Å². The molecule has 25 heavy (non-hydrogen) atoms. The predicted octanol–water partition coefficient (Wildman–Crippen LogP) is 4.36. The van der Waals surface area contributed by atoms with Gasteiger partial charge >= 0.3 is 156 Å². The van der Waals surface area contributed by atoms with E-state index in [1.165, 1.54) is 22.9 Å². The molecule has 2 aromatic rings. The van der Waals surface area contributed by atoms with Gasteiger partial charge in [0.25, 0.3) is 0 Å². The van der Waals surface area contributed by atoms with Crippen molar-refractivity contribution in [3.63, 3.8) is 0 Å². The Hall–Kier alpha value is -1.08. The normalized spacial score (nSPS) is 34.2. The number of benzene rings is 2. The Morgan fingerprint density at radius 1 is 0.960 bits per heavy atom. The van der Waals surface area contributed by atoms with Gasteiger partial charge in [0.05, 0.1) is 0 Å². The number of aliphatic hydroxyl groups excluding tert-OH is 1. The second-order valence-electron chi connectivity index (χ2n) is 8.57. The van der Waals surface area contributed by atoms with E-state index in [9.17, 15) is 5.11 Å². The summed E-state index contributed by atoms with van der Waals surface area (Å²) in [4.78, 5) is 0.469. The molecule has 0 aromatic heterocycles. The van der Waals surface area contributed by atoms with Crippen molar-refractivity contribution in [2.24, 2.45) is 16.7 Å². The fourth-order valence-corrected chi connectivity index (χ4v) is 12.0. The first-order valence-corrected chi connectivity index (χ1v) is 12.5. The number of aliphatic hydroxyl groups is 1. The summed E-state index contributed by atoms with van der Waals surface area (Å²) in [5, 5.41) is 12.5. The Morgan fingerprint density at radius 3 is 2.12 bits per heavy atom. The van der Waals surface area contributed by atoms with Crippen LogP contribution in [-0.4, -0.2) is 25.1 Å². The molecule has 0 radical (unpaired) electrons. The van der Waals surface area contributed by atoms with Gasteiger partial charge in [0, 0.05) is 0 Å². The maximum absolute atomic E-state index is 11.4. The van der Waals surface area contributed by atoms with Gasteiger partial charge in [-0.05, 0) is 0 Å². The molecular formula is C23H29OSe+. The Labute approximate surface area is 156 Å². The number of hydrogen-bond acceptors (Lipinski definition) is 1. The van der Waals surface area contributed by atoms with Gasteiger partial charge in [-0.2, -0.15) is 0 Å². The van der Waals surface area contributed by atoms with Gasteiger partial charge in [-0.3, -0.25) is 0 Å². The van der Waals surface area contributed by atoms with Gasteiger partial charge in [-0.15, -0.1) is 0 Å². The standard InChI is InChI=1S/C23H29OSe/c1-22(2)19-14-15-23(22,3)21(24)20(19)25(18-12-8-5-9-13-18)16-17-10-6-4-7-11-17/h4-13,19-21,24H,14-16H2,1-3H3/q+1/t19-,20-,21-,23+,25?/m1/s1. The summed E-state index contributed by atoms with van der Waals surface area (Å²) in [5.74, 6) is 0.654. The first-order valence-electron chi connectivity index (χ1n) is 9.42. The number of rotatable bonds is 4. The monoisotopic (exact) mass is 401 g/mol. The Bertz CT molecular complexity index is 726. The van der Waals surface area contributed by atoms with Crippen LogP contribution in [0, 0.1) is 16.7 Å². The molecule has 0 heterocycles. The van der Waals surface area contributed by atoms with E-state index in [1.807, 2.05) is 0 Å². The average molecular weight is 400 g/mol. The summed E-state index contributed by atoms with van der Waals surface area (Å²) >= 11 is -1.18. The predicted molar refractivity (Wildman–Crippen MR) is 106 cm³/mol. The molecule has 1 nitrogen and oxygen atoms in total. The van der Waals surface area contributed by atoms with Crippen molar-refractivity contribution >= 4 is 18.4 Å². The van der Waals surface area contributed by atoms with Crippen molar-refractivity contribution in [3.05, 3.63) is 66.2 Å². The van der Waals surface area contributed by atoms with E-state index in [1.54, 1.807) is 0 Å². The molecular weight excluding hydrogens is 371 g/mol. The summed E-state index contributed by atoms with van der Waals surface area (Å²) in [7, 11) is 0. The third-order valence-corrected chi connectivity index (χ3v) is 13.1. The maximum atomic E-state index is 11.4. The van der Waals surface area contributed by atoms with Crippen LogP contribution in [0.25, 0.3) is 0 Å². The third kappa shape index (κ3) is 2.62. The van der Waals surface area contributed by atoms with E-state index in [0.29, 0.717) is 10.7 Å². The second kappa shape index (κ2) is 6.27. The summed E-state index contributed by atoms with van der Waals surface area (Å²) < 4.78 is 1.50. The molecule has 1 N–H and O–H groups in total. The molecule has 2 bridgehead atoms. The minimum absolute atomic E-state index is 0.0789. The molecule has 2 aliphatic carbocycles. The Morgan fingerprint density at radius 2 is 1.56 bits per heavy atom. The van der Waals surface area contributed by atoms with Gasteiger partial charge in [0.2, 0.25) is 0 Å². The zero-order chi connectivity index (χ0) is 17.7. The van der Waals surface area contributed by atoms with Gasteiger partial charge < -0.3 is 0 Å². The molecule has 4 rings (SSSR count). The SMILES string of the molecule is CC1(C)[C@@H]2CC[C@@]1(C)[C@H](O)[C@@H]2[Se+](Cc1ccccc1)c1ccccc1. The Kier molecular flexibility index (Phi) is 4.35. The number of fused-ring (bicyclic) bond motifs is 2. The topological polar surface area (TPSA) is 20.2 Å². The van der Waals surface area contributed by atoms with E-state index in [0.717, 1.165) is 5.32 Å². The zero-order valence-corrected chi connectivity index (χ0v) is 17.2. The molecule has 2 heteroatoms. The molecule has 132 valence electrons. The van der Waals surface area contributed by atoms with Crippen LogP contribution in [0.2, 0.25) is 4.82 Å². The summed E-state index contributed by atoms with van der Waals surface area (Å²) in [5.41, 5.74) is 1.74. The zero-order valence-electron chi connectivity index (χ0n) is 15.5. The van der Waals surface area contributed by atoms with Crippen LogP contribution in [0.4, 0.5) is 0 Å². The molecule has 0 saturated heterocycles. The van der Waals surface area contributed by atoms with E-state index < -0.39 is 13.9 Å². The number of hydrogen-bond donors (Lipinski definition) is 1. The van der Waals surface area contributed by atoms with Crippen LogP contribution in [0.15, 0.2) is 60.7 Å². The molecule has 0 amide bonds. The van der Waals surface area contributed by atoms with E-state index in [2.05, 4.69) is 81.4 Å². The van der Waals surface area contributed by atoms with Crippen molar-refractivity contribution in [2.75, 3.05) is 0 Å². The summed E-state index contributed by atoms with van der Waals surface area (Å²) in [6, 6.07) is 22.0. The quantitative estimate of drug-likeness (QED) is 0.757. The van der Waals surface area contributed by atoms with Crippen molar-refractivity contribution < 1.29 is 5.11 Å². The van der Waals surface area contributed by atoms with E-state index in [4.69, 9.17) is 0 Å². The molecule has 5 atom stereocenters. The summed E-state index contributed by atoms with van der Waals surface area (Å²) in [6.07, 6.45) is 2.31. The van der Waals surface area contributed by atoms with Crippen LogP contribution < -0.4 is 4.46 Å². The van der Waals surface area contributed by atoms with Crippen molar-refractivity contribution in [1.29, 1.82) is 0 Å². The van der Waals surface area contributed by atoms with E-state index >= 15 is 0 Å². The fraction of sp³-hybridized carbons (Fsp3) is 0.478. The molecule has 2 aromatic carbocycles. The molecule has 0 aliphatic heterocycles. The van der Waals surface area contributed by atoms with E-state index in [-0.39, 0.29) is 16.9 Å². The Balaban J connectivity index is 1.74. The van der Waals surface area contributed by atoms with Crippen LogP contribution in [-0.2, 0) is 5.32 Å². The van der Waals surface area contributed by atoms with Gasteiger partial charge in [0.1, 0.15) is 0 Å². The molecule has 2 fully saturated rings. The second-order valence-corrected chi connectivity index (χ2v) is 13.1. The molecule has 1 unspecified atom stereocenters. The molecule has 0 spiro atoms. The van der Waals surface area contributed by atoms with Crippen LogP contribution in [0.3, 0.4) is 0 Å². The van der Waals surface area contributed by atoms with Gasteiger partial charge in [-0.25, -0.2) is 0 Å². The minimum atomic E-state index is -1.18. The first kappa shape index (κ1) is 17.3. The van der Waals surface area contributed by atoms with Crippen molar-refractivity contribution in [3.8, 4) is 0 Å². The molecule has 2 aliphatic rings.